The first-order valence-electron chi connectivity index (χ1n) is 4.95. The fourth-order valence-electron chi connectivity index (χ4n) is 1.59. The smallest absolute Gasteiger partial charge is 0.137 e. The molecular weight excluding hydrogens is 356 g/mol. The van der Waals surface area contributed by atoms with Gasteiger partial charge in [0.1, 0.15) is 10.1 Å². The summed E-state index contributed by atoms with van der Waals surface area (Å²) in [5.41, 5.74) is 1.11. The number of hydrogen-bond donors (Lipinski definition) is 0. The molecule has 1 unspecified atom stereocenters. The van der Waals surface area contributed by atoms with Gasteiger partial charge in [0.15, 0.2) is 0 Å². The second kappa shape index (κ2) is 5.64. The molecule has 0 amide bonds. The largest absolute Gasteiger partial charge is 0.352 e. The summed E-state index contributed by atoms with van der Waals surface area (Å²) >= 11 is 9.48. The van der Waals surface area contributed by atoms with E-state index in [2.05, 4.69) is 27.5 Å². The van der Waals surface area contributed by atoms with Crippen molar-refractivity contribution in [1.82, 2.24) is 4.90 Å². The van der Waals surface area contributed by atoms with Crippen LogP contribution in [-0.4, -0.2) is 25.4 Å². The van der Waals surface area contributed by atoms with E-state index in [1.165, 1.54) is 12.1 Å². The Morgan fingerprint density at radius 1 is 1.44 bits per heavy atom. The standard InChI is InChI=1S/C11H11FINS2/c12-9-3-1-8(2-4-9)6-14-7-10(5-13)16-11(14)15/h1-4,10H,5-7H2. The predicted molar refractivity (Wildman–Crippen MR) is 79.7 cm³/mol. The van der Waals surface area contributed by atoms with Crippen LogP contribution in [0.15, 0.2) is 24.3 Å². The number of hydrogen-bond acceptors (Lipinski definition) is 2. The van der Waals surface area contributed by atoms with E-state index < -0.39 is 0 Å². The summed E-state index contributed by atoms with van der Waals surface area (Å²) in [6, 6.07) is 6.63. The lowest BCUT2D eigenvalue weighted by Crippen LogP contribution is -2.24. The van der Waals surface area contributed by atoms with Gasteiger partial charge in [0.25, 0.3) is 0 Å². The van der Waals surface area contributed by atoms with Crippen molar-refractivity contribution < 1.29 is 4.39 Å². The van der Waals surface area contributed by atoms with Gasteiger partial charge in [-0.2, -0.15) is 0 Å². The van der Waals surface area contributed by atoms with Gasteiger partial charge in [-0.3, -0.25) is 0 Å². The molecule has 0 spiro atoms. The van der Waals surface area contributed by atoms with Crippen LogP contribution in [-0.2, 0) is 6.54 Å². The van der Waals surface area contributed by atoms with Gasteiger partial charge in [0.05, 0.1) is 0 Å². The average Bonchev–Trinajstić information content (AvgIpc) is 2.63. The summed E-state index contributed by atoms with van der Waals surface area (Å²) in [5, 5.41) is 0.605. The molecule has 1 fully saturated rings. The number of halogens is 2. The Balaban J connectivity index is 2.00. The molecule has 1 heterocycles. The highest BCUT2D eigenvalue weighted by Gasteiger charge is 2.26. The normalized spacial score (nSPS) is 20.5. The molecule has 86 valence electrons. The molecule has 1 nitrogen and oxygen atoms in total. The Hall–Kier alpha value is 0.120. The van der Waals surface area contributed by atoms with Crippen molar-refractivity contribution in [3.05, 3.63) is 35.6 Å². The maximum absolute atomic E-state index is 12.7. The van der Waals surface area contributed by atoms with E-state index in [0.717, 1.165) is 27.4 Å². The van der Waals surface area contributed by atoms with E-state index in [9.17, 15) is 4.39 Å². The average molecular weight is 367 g/mol. The summed E-state index contributed by atoms with van der Waals surface area (Å²) in [7, 11) is 0. The van der Waals surface area contributed by atoms with Crippen LogP contribution in [0.3, 0.4) is 0 Å². The van der Waals surface area contributed by atoms with Gasteiger partial charge < -0.3 is 4.90 Å². The number of benzene rings is 1. The van der Waals surface area contributed by atoms with Crippen molar-refractivity contribution in [2.45, 2.75) is 11.8 Å². The molecular formula is C11H11FINS2. The third-order valence-corrected chi connectivity index (χ3v) is 5.73. The molecule has 0 bridgehead atoms. The molecule has 1 aromatic rings. The molecule has 0 radical (unpaired) electrons. The number of thioether (sulfide) groups is 1. The van der Waals surface area contributed by atoms with Crippen LogP contribution < -0.4 is 0 Å². The Kier molecular flexibility index (Phi) is 4.43. The topological polar surface area (TPSA) is 3.24 Å². The fraction of sp³-hybridized carbons (Fsp3) is 0.364. The summed E-state index contributed by atoms with van der Waals surface area (Å²) in [5.74, 6) is -0.188. The van der Waals surface area contributed by atoms with E-state index in [1.54, 1.807) is 11.8 Å². The van der Waals surface area contributed by atoms with Crippen molar-refractivity contribution in [1.29, 1.82) is 0 Å². The second-order valence-electron chi connectivity index (χ2n) is 3.67. The van der Waals surface area contributed by atoms with Crippen molar-refractivity contribution in [2.75, 3.05) is 11.0 Å². The molecule has 1 aliphatic heterocycles. The summed E-state index contributed by atoms with van der Waals surface area (Å²) in [6.07, 6.45) is 0. The van der Waals surface area contributed by atoms with Crippen LogP contribution in [0.25, 0.3) is 0 Å². The highest BCUT2D eigenvalue weighted by Crippen LogP contribution is 2.28. The Morgan fingerprint density at radius 3 is 2.69 bits per heavy atom. The Bertz CT molecular complexity index is 382. The molecule has 1 saturated heterocycles. The monoisotopic (exact) mass is 367 g/mol. The molecule has 0 aromatic heterocycles. The van der Waals surface area contributed by atoms with E-state index in [-0.39, 0.29) is 5.82 Å². The molecule has 1 aliphatic rings. The fourth-order valence-corrected chi connectivity index (χ4v) is 3.85. The molecule has 0 aliphatic carbocycles. The van der Waals surface area contributed by atoms with Crippen LogP contribution in [0, 0.1) is 5.82 Å². The second-order valence-corrected chi connectivity index (χ2v) is 6.48. The minimum atomic E-state index is -0.188. The first-order valence-corrected chi connectivity index (χ1v) is 7.76. The molecule has 5 heteroatoms. The molecule has 0 saturated carbocycles. The molecule has 1 aromatic carbocycles. The number of nitrogens with zero attached hydrogens (tertiary/aromatic N) is 1. The third kappa shape index (κ3) is 3.07. The van der Waals surface area contributed by atoms with Gasteiger partial charge in [-0.05, 0) is 17.7 Å². The molecule has 1 atom stereocenters. The van der Waals surface area contributed by atoms with E-state index in [1.807, 2.05) is 12.1 Å². The minimum absolute atomic E-state index is 0.188. The van der Waals surface area contributed by atoms with E-state index in [4.69, 9.17) is 12.2 Å². The zero-order chi connectivity index (χ0) is 11.5. The van der Waals surface area contributed by atoms with Crippen molar-refractivity contribution in [2.24, 2.45) is 0 Å². The number of rotatable bonds is 3. The Morgan fingerprint density at radius 2 is 2.12 bits per heavy atom. The molecule has 16 heavy (non-hydrogen) atoms. The summed E-state index contributed by atoms with van der Waals surface area (Å²) in [4.78, 5) is 2.19. The van der Waals surface area contributed by atoms with Crippen molar-refractivity contribution >= 4 is 50.9 Å². The van der Waals surface area contributed by atoms with Gasteiger partial charge in [-0.15, -0.1) is 0 Å². The molecule has 0 N–H and O–H groups in total. The highest BCUT2D eigenvalue weighted by molar-refractivity contribution is 14.1. The number of alkyl halides is 1. The van der Waals surface area contributed by atoms with Crippen LogP contribution >= 0.6 is 46.6 Å². The zero-order valence-corrected chi connectivity index (χ0v) is 12.3. The SMILES string of the molecule is Fc1ccc(CN2CC(CI)SC2=S)cc1. The first-order chi connectivity index (χ1) is 7.69. The van der Waals surface area contributed by atoms with E-state index >= 15 is 0 Å². The van der Waals surface area contributed by atoms with Gasteiger partial charge >= 0.3 is 0 Å². The number of thiocarbonyl (C=S) groups is 1. The van der Waals surface area contributed by atoms with Gasteiger partial charge in [0.2, 0.25) is 0 Å². The van der Waals surface area contributed by atoms with Crippen LogP contribution in [0.4, 0.5) is 4.39 Å². The maximum Gasteiger partial charge on any atom is 0.137 e. The lowest BCUT2D eigenvalue weighted by atomic mass is 10.2. The van der Waals surface area contributed by atoms with Crippen molar-refractivity contribution in [3.63, 3.8) is 0 Å². The summed E-state index contributed by atoms with van der Waals surface area (Å²) in [6.45, 7) is 1.79. The highest BCUT2D eigenvalue weighted by atomic mass is 127. The minimum Gasteiger partial charge on any atom is -0.352 e. The van der Waals surface area contributed by atoms with Crippen LogP contribution in [0.5, 0.6) is 0 Å². The third-order valence-electron chi connectivity index (χ3n) is 2.41. The summed E-state index contributed by atoms with van der Waals surface area (Å²) < 4.78 is 14.8. The first kappa shape index (κ1) is 12.6. The molecule has 2 rings (SSSR count). The van der Waals surface area contributed by atoms with Gasteiger partial charge in [-0.25, -0.2) is 4.39 Å². The predicted octanol–water partition coefficient (Wildman–Crippen LogP) is 3.46. The van der Waals surface area contributed by atoms with Crippen molar-refractivity contribution in [3.8, 4) is 0 Å². The lowest BCUT2D eigenvalue weighted by Gasteiger charge is -2.17. The van der Waals surface area contributed by atoms with Gasteiger partial charge in [-0.1, -0.05) is 58.7 Å². The lowest BCUT2D eigenvalue weighted by molar-refractivity contribution is 0.444. The van der Waals surface area contributed by atoms with Crippen LogP contribution in [0.1, 0.15) is 5.56 Å². The van der Waals surface area contributed by atoms with Gasteiger partial charge in [0, 0.05) is 22.8 Å². The Labute approximate surface area is 118 Å². The van der Waals surface area contributed by atoms with Crippen LogP contribution in [0.2, 0.25) is 0 Å². The van der Waals surface area contributed by atoms with E-state index in [0.29, 0.717) is 5.25 Å². The quantitative estimate of drug-likeness (QED) is 0.458. The zero-order valence-electron chi connectivity index (χ0n) is 8.53. The maximum atomic E-state index is 12.7.